The van der Waals surface area contributed by atoms with Crippen LogP contribution in [0.4, 0.5) is 34.1 Å². The van der Waals surface area contributed by atoms with Crippen molar-refractivity contribution in [3.05, 3.63) is 218 Å². The summed E-state index contributed by atoms with van der Waals surface area (Å²) in [7, 11) is 0. The highest BCUT2D eigenvalue weighted by molar-refractivity contribution is 7.01. The Labute approximate surface area is 382 Å². The van der Waals surface area contributed by atoms with Crippen LogP contribution in [0.3, 0.4) is 0 Å². The molecule has 16 rings (SSSR count). The minimum atomic E-state index is 0.0773. The summed E-state index contributed by atoms with van der Waals surface area (Å²) in [5, 5.41) is 5.11. The van der Waals surface area contributed by atoms with Crippen molar-refractivity contribution in [1.82, 2.24) is 9.13 Å². The Balaban J connectivity index is 1.11. The predicted octanol–water partition coefficient (Wildman–Crippen LogP) is 10.8. The number of fused-ring (bicyclic) bond motifs is 16. The van der Waals surface area contributed by atoms with Crippen LogP contribution in [0, 0.1) is 0 Å². The highest BCUT2D eigenvalue weighted by Gasteiger charge is 2.45. The van der Waals surface area contributed by atoms with Gasteiger partial charge < -0.3 is 18.9 Å². The maximum Gasteiger partial charge on any atom is 0.252 e. The molecule has 12 aromatic rings. The molecule has 0 radical (unpaired) electrons. The summed E-state index contributed by atoms with van der Waals surface area (Å²) in [6, 6.07) is 81.7. The molecular weight excluding hydrogens is 798 g/mol. The molecule has 66 heavy (non-hydrogen) atoms. The predicted molar refractivity (Wildman–Crippen MR) is 279 cm³/mol. The molecule has 10 aromatic carbocycles. The van der Waals surface area contributed by atoms with E-state index in [0.29, 0.717) is 0 Å². The van der Waals surface area contributed by atoms with E-state index in [0.717, 1.165) is 0 Å². The molecule has 0 aliphatic carbocycles. The van der Waals surface area contributed by atoms with Gasteiger partial charge in [0.25, 0.3) is 13.4 Å². The quantitative estimate of drug-likeness (QED) is 0.165. The molecular formula is C60H36B2N4. The van der Waals surface area contributed by atoms with Gasteiger partial charge in [-0.2, -0.15) is 0 Å². The van der Waals surface area contributed by atoms with Gasteiger partial charge in [-0.25, -0.2) is 0 Å². The van der Waals surface area contributed by atoms with E-state index in [-0.39, 0.29) is 13.4 Å². The Morgan fingerprint density at radius 3 is 1.27 bits per heavy atom. The van der Waals surface area contributed by atoms with Gasteiger partial charge in [0.2, 0.25) is 0 Å². The van der Waals surface area contributed by atoms with Gasteiger partial charge in [-0.05, 0) is 105 Å². The summed E-state index contributed by atoms with van der Waals surface area (Å²) in [6.07, 6.45) is 0. The third-order valence-electron chi connectivity index (χ3n) is 15.2. The van der Waals surface area contributed by atoms with E-state index in [1.165, 1.54) is 133 Å². The van der Waals surface area contributed by atoms with Crippen LogP contribution in [-0.4, -0.2) is 22.6 Å². The number of rotatable bonds is 3. The summed E-state index contributed by atoms with van der Waals surface area (Å²) in [4.78, 5) is 4.98. The maximum atomic E-state index is 2.65. The average Bonchev–Trinajstić information content (AvgIpc) is 3.91. The summed E-state index contributed by atoms with van der Waals surface area (Å²) in [6.45, 7) is 0.155. The summed E-state index contributed by atoms with van der Waals surface area (Å²) in [5.74, 6) is 0. The van der Waals surface area contributed by atoms with Crippen molar-refractivity contribution < 1.29 is 0 Å². The third kappa shape index (κ3) is 4.23. The number of benzene rings is 10. The van der Waals surface area contributed by atoms with Gasteiger partial charge in [-0.1, -0.05) is 152 Å². The van der Waals surface area contributed by atoms with Gasteiger partial charge in [0, 0.05) is 72.6 Å². The van der Waals surface area contributed by atoms with Gasteiger partial charge in [-0.15, -0.1) is 0 Å². The Morgan fingerprint density at radius 1 is 0.303 bits per heavy atom. The molecule has 0 unspecified atom stereocenters. The molecule has 6 heteroatoms. The smallest absolute Gasteiger partial charge is 0.252 e. The first-order chi connectivity index (χ1) is 32.8. The summed E-state index contributed by atoms with van der Waals surface area (Å²) < 4.78 is 5.28. The van der Waals surface area contributed by atoms with Crippen molar-refractivity contribution >= 4 is 124 Å². The first-order valence-electron chi connectivity index (χ1n) is 23.1. The van der Waals surface area contributed by atoms with Crippen LogP contribution in [0.1, 0.15) is 0 Å². The van der Waals surface area contributed by atoms with Crippen LogP contribution in [0.25, 0.3) is 66.1 Å². The normalized spacial score (nSPS) is 13.6. The minimum absolute atomic E-state index is 0.0773. The van der Waals surface area contributed by atoms with Crippen molar-refractivity contribution in [2.24, 2.45) is 0 Å². The number of aromatic nitrogens is 2. The van der Waals surface area contributed by atoms with Crippen LogP contribution in [0.5, 0.6) is 0 Å². The topological polar surface area (TPSA) is 16.3 Å². The largest absolute Gasteiger partial charge is 0.311 e. The van der Waals surface area contributed by atoms with Gasteiger partial charge in [0.05, 0.1) is 22.1 Å². The highest BCUT2D eigenvalue weighted by Crippen LogP contribution is 2.50. The molecule has 2 aromatic heterocycles. The van der Waals surface area contributed by atoms with Crippen molar-refractivity contribution in [3.63, 3.8) is 0 Å². The fourth-order valence-electron chi connectivity index (χ4n) is 12.9. The van der Waals surface area contributed by atoms with Crippen molar-refractivity contribution in [2.45, 2.75) is 0 Å². The molecule has 0 fully saturated rings. The SMILES string of the molecule is c1ccc(-c2c3c4ccc5c6c4n(c3cc3c4ccc7c8c4n(c23)-c2ccccc2B8c2ccccc2N7c2ccccc2)-c2ccccc2B6c2ccccc2N5c2ccccc2)cc1. The van der Waals surface area contributed by atoms with Gasteiger partial charge in [0.15, 0.2) is 0 Å². The zero-order valence-electron chi connectivity index (χ0n) is 35.7. The van der Waals surface area contributed by atoms with E-state index in [1.54, 1.807) is 0 Å². The number of para-hydroxylation sites is 6. The first kappa shape index (κ1) is 34.9. The lowest BCUT2D eigenvalue weighted by Gasteiger charge is -2.39. The molecule has 302 valence electrons. The number of hydrogen-bond donors (Lipinski definition) is 0. The van der Waals surface area contributed by atoms with E-state index >= 15 is 0 Å². The van der Waals surface area contributed by atoms with E-state index < -0.39 is 0 Å². The number of hydrogen-bond acceptors (Lipinski definition) is 2. The molecule has 4 aliphatic heterocycles. The number of anilines is 6. The fraction of sp³-hybridized carbons (Fsp3) is 0. The maximum absolute atomic E-state index is 2.65. The van der Waals surface area contributed by atoms with Crippen molar-refractivity contribution in [3.8, 4) is 22.5 Å². The molecule has 4 nitrogen and oxygen atoms in total. The lowest BCUT2D eigenvalue weighted by atomic mass is 9.34. The Morgan fingerprint density at radius 2 is 0.727 bits per heavy atom. The molecule has 0 N–H and O–H groups in total. The molecule has 0 saturated heterocycles. The van der Waals surface area contributed by atoms with E-state index in [9.17, 15) is 0 Å². The van der Waals surface area contributed by atoms with Crippen LogP contribution < -0.4 is 42.6 Å². The standard InChI is InChI=1S/C60H36B2N4/c1-4-18-37(19-5-1)54-55-41-33-35-52-57-60(41)65(49-30-16-12-26-45(49)61(57)43-24-10-14-28-47(43)64(52)39-22-8-3-9-23-39)53(55)36-42-40-32-34-51-56-59(40)66(58(42)54)50-31-17-13-27-46(50)62(56)44-25-11-15-29-48(44)63(51)38-20-6-2-7-21-38/h1-36H. The third-order valence-corrected chi connectivity index (χ3v) is 15.2. The lowest BCUT2D eigenvalue weighted by molar-refractivity contribution is 1.18. The summed E-state index contributed by atoms with van der Waals surface area (Å²) >= 11 is 0. The minimum Gasteiger partial charge on any atom is -0.311 e. The lowest BCUT2D eigenvalue weighted by Crippen LogP contribution is -2.60. The Kier molecular flexibility index (Phi) is 6.68. The van der Waals surface area contributed by atoms with Crippen molar-refractivity contribution in [2.75, 3.05) is 9.80 Å². The van der Waals surface area contributed by atoms with Crippen LogP contribution >= 0.6 is 0 Å². The second kappa shape index (κ2) is 12.6. The molecule has 6 heterocycles. The zero-order valence-corrected chi connectivity index (χ0v) is 35.7. The summed E-state index contributed by atoms with van der Waals surface area (Å²) in [5.41, 5.74) is 25.4. The molecule has 0 bridgehead atoms. The molecule has 0 spiro atoms. The average molecular weight is 835 g/mol. The number of nitrogens with zero attached hydrogens (tertiary/aromatic N) is 4. The van der Waals surface area contributed by atoms with Crippen LogP contribution in [0.2, 0.25) is 0 Å². The fourth-order valence-corrected chi connectivity index (χ4v) is 12.9. The monoisotopic (exact) mass is 834 g/mol. The molecule has 0 saturated carbocycles. The van der Waals surface area contributed by atoms with Crippen LogP contribution in [0.15, 0.2) is 218 Å². The van der Waals surface area contributed by atoms with Gasteiger partial charge in [0.1, 0.15) is 0 Å². The second-order valence-corrected chi connectivity index (χ2v) is 18.3. The second-order valence-electron chi connectivity index (χ2n) is 18.3. The molecule has 0 atom stereocenters. The van der Waals surface area contributed by atoms with E-state index in [1.807, 2.05) is 0 Å². The highest BCUT2D eigenvalue weighted by atomic mass is 15.2. The molecule has 0 amide bonds. The van der Waals surface area contributed by atoms with E-state index in [2.05, 4.69) is 237 Å². The van der Waals surface area contributed by atoms with E-state index in [4.69, 9.17) is 0 Å². The van der Waals surface area contributed by atoms with Crippen LogP contribution in [-0.2, 0) is 0 Å². The Bertz CT molecular complexity index is 3980. The first-order valence-corrected chi connectivity index (χ1v) is 23.1. The molecule has 4 aliphatic rings. The zero-order chi connectivity index (χ0) is 42.8. The van der Waals surface area contributed by atoms with Gasteiger partial charge in [-0.3, -0.25) is 0 Å². The van der Waals surface area contributed by atoms with Gasteiger partial charge >= 0.3 is 0 Å². The van der Waals surface area contributed by atoms with Crippen molar-refractivity contribution in [1.29, 1.82) is 0 Å². The Hall–Kier alpha value is -8.47.